The van der Waals surface area contributed by atoms with Gasteiger partial charge in [-0.15, -0.1) is 0 Å². The van der Waals surface area contributed by atoms with Gasteiger partial charge in [0, 0.05) is 0 Å². The SMILES string of the molecule is Fc1c(F)c(F)c(Br)c(F)c1F.[MgH2]. The van der Waals surface area contributed by atoms with Crippen LogP contribution in [0, 0.1) is 29.1 Å². The molecule has 70 valence electrons. The Kier molecular flexibility index (Phi) is 4.60. The lowest BCUT2D eigenvalue weighted by molar-refractivity contribution is 0.374. The van der Waals surface area contributed by atoms with Gasteiger partial charge in [0.1, 0.15) is 0 Å². The van der Waals surface area contributed by atoms with Gasteiger partial charge >= 0.3 is 23.1 Å². The predicted octanol–water partition coefficient (Wildman–Crippen LogP) is 2.23. The number of hydrogen-bond acceptors (Lipinski definition) is 0. The molecule has 0 unspecified atom stereocenters. The average molecular weight is 273 g/mol. The second-order valence-corrected chi connectivity index (χ2v) is 2.68. The van der Waals surface area contributed by atoms with E-state index in [0.29, 0.717) is 0 Å². The predicted molar refractivity (Wildman–Crippen MR) is 42.5 cm³/mol. The Morgan fingerprint density at radius 3 is 1.15 bits per heavy atom. The van der Waals surface area contributed by atoms with E-state index in [9.17, 15) is 22.0 Å². The zero-order valence-corrected chi connectivity index (χ0v) is 6.85. The maximum Gasteiger partial charge on any atom is 0.316 e. The van der Waals surface area contributed by atoms with Crippen LogP contribution in [0.5, 0.6) is 0 Å². The molecule has 0 aliphatic carbocycles. The van der Waals surface area contributed by atoms with E-state index >= 15 is 0 Å². The van der Waals surface area contributed by atoms with Crippen molar-refractivity contribution in [1.29, 1.82) is 0 Å². The fourth-order valence-corrected chi connectivity index (χ4v) is 0.926. The molecule has 1 rings (SSSR count). The lowest BCUT2D eigenvalue weighted by atomic mass is 10.3. The zero-order valence-electron chi connectivity index (χ0n) is 5.27. The van der Waals surface area contributed by atoms with E-state index in [1.54, 1.807) is 0 Å². The number of rotatable bonds is 0. The van der Waals surface area contributed by atoms with Gasteiger partial charge in [0.25, 0.3) is 0 Å². The largest absolute Gasteiger partial charge is 0.316 e. The van der Waals surface area contributed by atoms with Crippen LogP contribution in [0.3, 0.4) is 0 Å². The first kappa shape index (κ1) is 13.1. The van der Waals surface area contributed by atoms with Crippen molar-refractivity contribution in [2.75, 3.05) is 0 Å². The molecule has 0 N–H and O–H groups in total. The van der Waals surface area contributed by atoms with Crippen LogP contribution in [0.4, 0.5) is 22.0 Å². The summed E-state index contributed by atoms with van der Waals surface area (Å²) >= 11 is 2.22. The molecule has 1 aromatic carbocycles. The van der Waals surface area contributed by atoms with E-state index in [0.717, 1.165) is 0 Å². The lowest BCUT2D eigenvalue weighted by Gasteiger charge is -2.00. The van der Waals surface area contributed by atoms with Crippen LogP contribution < -0.4 is 0 Å². The Bertz CT molecular complexity index is 235. The van der Waals surface area contributed by atoms with Crippen molar-refractivity contribution in [3.8, 4) is 0 Å². The fraction of sp³-hybridized carbons (Fsp3) is 0. The van der Waals surface area contributed by atoms with E-state index in [1.165, 1.54) is 0 Å². The maximum atomic E-state index is 12.4. The number of halogens is 6. The quantitative estimate of drug-likeness (QED) is 0.294. The molecule has 1 aromatic rings. The molecule has 7 heteroatoms. The Balaban J connectivity index is 0.00000144. The molecule has 0 nitrogen and oxygen atoms in total. The minimum atomic E-state index is -2.16. The maximum absolute atomic E-state index is 12.4. The lowest BCUT2D eigenvalue weighted by Crippen LogP contribution is -2.01. The minimum Gasteiger partial charge on any atom is -0.202 e. The highest BCUT2D eigenvalue weighted by molar-refractivity contribution is 9.10. The fourth-order valence-electron chi connectivity index (χ4n) is 0.578. The first-order chi connectivity index (χ1) is 5.46. The van der Waals surface area contributed by atoms with E-state index in [-0.39, 0.29) is 23.1 Å². The summed E-state index contributed by atoms with van der Waals surface area (Å²) in [6, 6.07) is 0. The van der Waals surface area contributed by atoms with Crippen LogP contribution in [0.25, 0.3) is 0 Å². The summed E-state index contributed by atoms with van der Waals surface area (Å²) < 4.78 is 60.3. The van der Waals surface area contributed by atoms with Crippen LogP contribution >= 0.6 is 15.9 Å². The molecule has 0 aliphatic heterocycles. The number of benzene rings is 1. The molecule has 0 bridgehead atoms. The van der Waals surface area contributed by atoms with Crippen molar-refractivity contribution in [2.45, 2.75) is 0 Å². The molecule has 0 heterocycles. The Labute approximate surface area is 94.4 Å². The van der Waals surface area contributed by atoms with Gasteiger partial charge in [-0.2, -0.15) is 0 Å². The van der Waals surface area contributed by atoms with Gasteiger partial charge in [-0.3, -0.25) is 0 Å². The minimum absolute atomic E-state index is 0. The van der Waals surface area contributed by atoms with Crippen LogP contribution in [0.15, 0.2) is 4.47 Å². The summed E-state index contributed by atoms with van der Waals surface area (Å²) in [7, 11) is 0. The highest BCUT2D eigenvalue weighted by Gasteiger charge is 2.23. The van der Waals surface area contributed by atoms with E-state index < -0.39 is 33.6 Å². The van der Waals surface area contributed by atoms with E-state index in [4.69, 9.17) is 0 Å². The van der Waals surface area contributed by atoms with Crippen molar-refractivity contribution < 1.29 is 22.0 Å². The molecule has 0 radical (unpaired) electrons. The van der Waals surface area contributed by atoms with Crippen molar-refractivity contribution in [2.24, 2.45) is 0 Å². The highest BCUT2D eigenvalue weighted by atomic mass is 79.9. The smallest absolute Gasteiger partial charge is 0.202 e. The van der Waals surface area contributed by atoms with Gasteiger partial charge in [-0.1, -0.05) is 0 Å². The normalized spacial score (nSPS) is 9.69. The molecule has 0 aromatic heterocycles. The molecule has 0 spiro atoms. The van der Waals surface area contributed by atoms with Crippen LogP contribution in [-0.4, -0.2) is 23.1 Å². The van der Waals surface area contributed by atoms with Gasteiger partial charge in [0.2, 0.25) is 5.82 Å². The summed E-state index contributed by atoms with van der Waals surface area (Å²) in [4.78, 5) is 0. The molecule has 13 heavy (non-hydrogen) atoms. The van der Waals surface area contributed by atoms with Gasteiger partial charge in [-0.05, 0) is 15.9 Å². The summed E-state index contributed by atoms with van der Waals surface area (Å²) in [6.45, 7) is 0. The second-order valence-electron chi connectivity index (χ2n) is 1.88. The van der Waals surface area contributed by atoms with Gasteiger partial charge in [-0.25, -0.2) is 22.0 Å². The van der Waals surface area contributed by atoms with Crippen LogP contribution in [0.1, 0.15) is 0 Å². The van der Waals surface area contributed by atoms with Crippen molar-refractivity contribution >= 4 is 39.0 Å². The Hall–Kier alpha value is 0.116. The third kappa shape index (κ3) is 2.13. The summed E-state index contributed by atoms with van der Waals surface area (Å²) in [5.41, 5.74) is 0. The number of hydrogen-bond donors (Lipinski definition) is 0. The monoisotopic (exact) mass is 272 g/mol. The average Bonchev–Trinajstić information content (AvgIpc) is 2.08. The van der Waals surface area contributed by atoms with Gasteiger partial charge < -0.3 is 0 Å². The van der Waals surface area contributed by atoms with E-state index in [2.05, 4.69) is 15.9 Å². The standard InChI is InChI=1S/C6BrF5.Mg.2H/c7-1-2(8)4(10)6(12)5(11)3(1)9;;;. The third-order valence-corrected chi connectivity index (χ3v) is 1.85. The summed E-state index contributed by atoms with van der Waals surface area (Å²) in [6.07, 6.45) is 0. The van der Waals surface area contributed by atoms with Crippen molar-refractivity contribution in [1.82, 2.24) is 0 Å². The molecular weight excluding hydrogens is 271 g/mol. The van der Waals surface area contributed by atoms with Gasteiger partial charge in [0.05, 0.1) is 4.47 Å². The van der Waals surface area contributed by atoms with Gasteiger partial charge in [0.15, 0.2) is 23.3 Å². The van der Waals surface area contributed by atoms with Crippen molar-refractivity contribution in [3.63, 3.8) is 0 Å². The first-order valence-corrected chi connectivity index (χ1v) is 3.43. The van der Waals surface area contributed by atoms with Crippen LogP contribution in [-0.2, 0) is 0 Å². The topological polar surface area (TPSA) is 0 Å². The third-order valence-electron chi connectivity index (χ3n) is 1.16. The van der Waals surface area contributed by atoms with E-state index in [1.807, 2.05) is 0 Å². The Morgan fingerprint density at radius 1 is 0.615 bits per heavy atom. The highest BCUT2D eigenvalue weighted by Crippen LogP contribution is 2.26. The molecule has 0 atom stereocenters. The summed E-state index contributed by atoms with van der Waals surface area (Å²) in [5.74, 6) is -9.81. The molecule has 0 aliphatic rings. The molecule has 0 saturated carbocycles. The molecular formula is C6H2BrF5Mg. The molecule has 0 amide bonds. The molecule has 0 fully saturated rings. The Morgan fingerprint density at radius 2 is 0.846 bits per heavy atom. The first-order valence-electron chi connectivity index (χ1n) is 2.63. The van der Waals surface area contributed by atoms with Crippen LogP contribution in [0.2, 0.25) is 0 Å². The van der Waals surface area contributed by atoms with Crippen molar-refractivity contribution in [3.05, 3.63) is 33.6 Å². The summed E-state index contributed by atoms with van der Waals surface area (Å²) in [5, 5.41) is 0. The second kappa shape index (κ2) is 4.56. The zero-order chi connectivity index (χ0) is 9.46. The molecule has 0 saturated heterocycles.